The van der Waals surface area contributed by atoms with Gasteiger partial charge in [-0.15, -0.1) is 5.10 Å². The minimum absolute atomic E-state index is 0.432. The van der Waals surface area contributed by atoms with E-state index in [0.29, 0.717) is 22.8 Å². The number of hydrogen-bond acceptors (Lipinski definition) is 5. The quantitative estimate of drug-likeness (QED) is 0.907. The van der Waals surface area contributed by atoms with Crippen LogP contribution in [-0.4, -0.2) is 48.0 Å². The standard InChI is InChI=1S/C14H18ClN5O/c1-9-8-20(6-5-16-9)14-17-13(18-19-14)11-7-10(15)3-4-12(11)21-2/h3-4,7,9,16H,5-6,8H2,1-2H3,(H,17,18,19)/t9-/m0/s1. The maximum atomic E-state index is 6.06. The van der Waals surface area contributed by atoms with E-state index >= 15 is 0 Å². The second-order valence-electron chi connectivity index (χ2n) is 5.13. The molecule has 2 N–H and O–H groups in total. The van der Waals surface area contributed by atoms with E-state index in [1.54, 1.807) is 13.2 Å². The minimum atomic E-state index is 0.432. The number of benzene rings is 1. The molecule has 7 heteroatoms. The molecule has 0 bridgehead atoms. The Labute approximate surface area is 128 Å². The average molecular weight is 308 g/mol. The molecule has 1 fully saturated rings. The number of ether oxygens (including phenoxy) is 1. The third-order valence-corrected chi connectivity index (χ3v) is 3.78. The van der Waals surface area contributed by atoms with Gasteiger partial charge < -0.3 is 15.0 Å². The van der Waals surface area contributed by atoms with Crippen LogP contribution in [0, 0.1) is 0 Å². The van der Waals surface area contributed by atoms with Crippen molar-refractivity contribution in [3.8, 4) is 17.1 Å². The summed E-state index contributed by atoms with van der Waals surface area (Å²) in [5, 5.41) is 11.3. The summed E-state index contributed by atoms with van der Waals surface area (Å²) in [6.45, 7) is 4.88. The van der Waals surface area contributed by atoms with Crippen LogP contribution < -0.4 is 15.0 Å². The third kappa shape index (κ3) is 2.96. The lowest BCUT2D eigenvalue weighted by atomic mass is 10.2. The highest BCUT2D eigenvalue weighted by molar-refractivity contribution is 6.30. The lowest BCUT2D eigenvalue weighted by molar-refractivity contribution is 0.416. The summed E-state index contributed by atoms with van der Waals surface area (Å²) < 4.78 is 5.36. The van der Waals surface area contributed by atoms with Crippen LogP contribution in [0.3, 0.4) is 0 Å². The van der Waals surface area contributed by atoms with E-state index in [0.717, 1.165) is 30.9 Å². The highest BCUT2D eigenvalue weighted by Gasteiger charge is 2.20. The van der Waals surface area contributed by atoms with Crippen molar-refractivity contribution in [2.75, 3.05) is 31.6 Å². The Balaban J connectivity index is 1.89. The zero-order valence-electron chi connectivity index (χ0n) is 12.1. The number of nitrogens with zero attached hydrogens (tertiary/aromatic N) is 3. The Morgan fingerprint density at radius 3 is 3.05 bits per heavy atom. The van der Waals surface area contributed by atoms with Crippen molar-refractivity contribution >= 4 is 17.5 Å². The fourth-order valence-corrected chi connectivity index (χ4v) is 2.67. The number of rotatable bonds is 3. The number of hydrogen-bond donors (Lipinski definition) is 2. The van der Waals surface area contributed by atoms with Crippen molar-refractivity contribution in [3.05, 3.63) is 23.2 Å². The Morgan fingerprint density at radius 1 is 1.43 bits per heavy atom. The van der Waals surface area contributed by atoms with Crippen molar-refractivity contribution < 1.29 is 4.74 Å². The molecule has 0 aliphatic carbocycles. The number of H-pyrrole nitrogens is 1. The molecule has 3 rings (SSSR count). The number of methoxy groups -OCH3 is 1. The van der Waals surface area contributed by atoms with Crippen molar-refractivity contribution in [3.63, 3.8) is 0 Å². The zero-order valence-corrected chi connectivity index (χ0v) is 12.8. The molecule has 0 spiro atoms. The van der Waals surface area contributed by atoms with Gasteiger partial charge in [-0.25, -0.2) is 0 Å². The Morgan fingerprint density at radius 2 is 2.29 bits per heavy atom. The Bertz CT molecular complexity index is 630. The molecule has 0 saturated carbocycles. The molecule has 112 valence electrons. The normalized spacial score (nSPS) is 18.8. The van der Waals surface area contributed by atoms with Crippen LogP contribution in [0.2, 0.25) is 5.02 Å². The fraction of sp³-hybridized carbons (Fsp3) is 0.429. The van der Waals surface area contributed by atoms with Gasteiger partial charge in [0.05, 0.1) is 12.7 Å². The van der Waals surface area contributed by atoms with Gasteiger partial charge in [-0.3, -0.25) is 5.10 Å². The van der Waals surface area contributed by atoms with Gasteiger partial charge in [0.25, 0.3) is 0 Å². The molecule has 6 nitrogen and oxygen atoms in total. The summed E-state index contributed by atoms with van der Waals surface area (Å²) in [7, 11) is 1.63. The van der Waals surface area contributed by atoms with E-state index in [2.05, 4.69) is 32.3 Å². The highest BCUT2D eigenvalue weighted by Crippen LogP contribution is 2.31. The summed E-state index contributed by atoms with van der Waals surface area (Å²) in [5.41, 5.74) is 0.812. The smallest absolute Gasteiger partial charge is 0.245 e. The SMILES string of the molecule is COc1ccc(Cl)cc1-c1nc(N2CCN[C@@H](C)C2)n[nH]1. The molecule has 21 heavy (non-hydrogen) atoms. The number of nitrogens with one attached hydrogen (secondary N) is 2. The Kier molecular flexibility index (Phi) is 3.98. The molecule has 0 unspecified atom stereocenters. The van der Waals surface area contributed by atoms with Crippen LogP contribution in [0.25, 0.3) is 11.4 Å². The zero-order chi connectivity index (χ0) is 14.8. The minimum Gasteiger partial charge on any atom is -0.496 e. The fourth-order valence-electron chi connectivity index (χ4n) is 2.49. The largest absolute Gasteiger partial charge is 0.496 e. The van der Waals surface area contributed by atoms with Crippen LogP contribution in [0.1, 0.15) is 6.92 Å². The molecular weight excluding hydrogens is 290 g/mol. The van der Waals surface area contributed by atoms with Gasteiger partial charge in [0.1, 0.15) is 5.75 Å². The lowest BCUT2D eigenvalue weighted by Gasteiger charge is -2.30. The molecule has 1 atom stereocenters. The summed E-state index contributed by atoms with van der Waals surface area (Å²) in [6.07, 6.45) is 0. The van der Waals surface area contributed by atoms with Crippen molar-refractivity contribution in [1.82, 2.24) is 20.5 Å². The van der Waals surface area contributed by atoms with Crippen molar-refractivity contribution in [2.24, 2.45) is 0 Å². The van der Waals surface area contributed by atoms with Gasteiger partial charge in [-0.1, -0.05) is 11.6 Å². The maximum absolute atomic E-state index is 6.06. The van der Waals surface area contributed by atoms with Crippen molar-refractivity contribution in [2.45, 2.75) is 13.0 Å². The van der Waals surface area contributed by atoms with E-state index in [1.165, 1.54) is 0 Å². The number of anilines is 1. The van der Waals surface area contributed by atoms with E-state index < -0.39 is 0 Å². The topological polar surface area (TPSA) is 66.1 Å². The first-order valence-electron chi connectivity index (χ1n) is 6.92. The van der Waals surface area contributed by atoms with Gasteiger partial charge in [-0.05, 0) is 25.1 Å². The highest BCUT2D eigenvalue weighted by atomic mass is 35.5. The summed E-state index contributed by atoms with van der Waals surface area (Å²) in [4.78, 5) is 6.75. The monoisotopic (exact) mass is 307 g/mol. The van der Waals surface area contributed by atoms with Crippen LogP contribution in [0.5, 0.6) is 5.75 Å². The number of halogens is 1. The predicted octanol–water partition coefficient (Wildman–Crippen LogP) is 1.93. The average Bonchev–Trinajstić information content (AvgIpc) is 2.97. The van der Waals surface area contributed by atoms with Crippen LogP contribution in [0.4, 0.5) is 5.95 Å². The molecular formula is C14H18ClN5O. The molecule has 1 aliphatic rings. The number of piperazine rings is 1. The molecule has 1 aliphatic heterocycles. The van der Waals surface area contributed by atoms with Gasteiger partial charge in [0.15, 0.2) is 5.82 Å². The maximum Gasteiger partial charge on any atom is 0.245 e. The van der Waals surface area contributed by atoms with Crippen LogP contribution in [-0.2, 0) is 0 Å². The molecule has 2 aromatic rings. The van der Waals surface area contributed by atoms with Gasteiger partial charge in [0, 0.05) is 30.7 Å². The first-order chi connectivity index (χ1) is 10.2. The van der Waals surface area contributed by atoms with E-state index in [-0.39, 0.29) is 0 Å². The van der Waals surface area contributed by atoms with Gasteiger partial charge >= 0.3 is 0 Å². The molecule has 0 amide bonds. The first kappa shape index (κ1) is 14.2. The van der Waals surface area contributed by atoms with Crippen LogP contribution in [0.15, 0.2) is 18.2 Å². The molecule has 1 aromatic carbocycles. The van der Waals surface area contributed by atoms with E-state index in [1.807, 2.05) is 12.1 Å². The third-order valence-electron chi connectivity index (χ3n) is 3.54. The molecule has 1 saturated heterocycles. The Hall–Kier alpha value is -1.79. The van der Waals surface area contributed by atoms with Crippen molar-refractivity contribution in [1.29, 1.82) is 0 Å². The number of aromatic amines is 1. The summed E-state index contributed by atoms with van der Waals surface area (Å²) >= 11 is 6.06. The number of aromatic nitrogens is 3. The molecule has 2 heterocycles. The van der Waals surface area contributed by atoms with Crippen LogP contribution >= 0.6 is 11.6 Å². The van der Waals surface area contributed by atoms with Gasteiger partial charge in [-0.2, -0.15) is 4.98 Å². The lowest BCUT2D eigenvalue weighted by Crippen LogP contribution is -2.49. The summed E-state index contributed by atoms with van der Waals surface area (Å²) in [5.74, 6) is 2.09. The molecule has 0 radical (unpaired) electrons. The van der Waals surface area contributed by atoms with E-state index in [4.69, 9.17) is 16.3 Å². The van der Waals surface area contributed by atoms with Gasteiger partial charge in [0.2, 0.25) is 5.95 Å². The predicted molar refractivity (Wildman–Crippen MR) is 83.1 cm³/mol. The second-order valence-corrected chi connectivity index (χ2v) is 5.57. The summed E-state index contributed by atoms with van der Waals surface area (Å²) in [6, 6.07) is 5.87. The van der Waals surface area contributed by atoms with E-state index in [9.17, 15) is 0 Å². The molecule has 1 aromatic heterocycles. The first-order valence-corrected chi connectivity index (χ1v) is 7.30. The second kappa shape index (κ2) is 5.91.